The summed E-state index contributed by atoms with van der Waals surface area (Å²) in [5.74, 6) is -0.237. The Bertz CT molecular complexity index is 439. The number of aromatic nitrogens is 1. The highest BCUT2D eigenvalue weighted by Gasteiger charge is 2.37. The molecule has 1 N–H and O–H groups in total. The van der Waals surface area contributed by atoms with Gasteiger partial charge in [-0.2, -0.15) is 0 Å². The first-order chi connectivity index (χ1) is 8.06. The van der Waals surface area contributed by atoms with E-state index in [-0.39, 0.29) is 22.3 Å². The highest BCUT2D eigenvalue weighted by Crippen LogP contribution is 2.35. The van der Waals surface area contributed by atoms with Gasteiger partial charge >= 0.3 is 0 Å². The molecule has 0 unspecified atom stereocenters. The number of hydrogen-bond donors (Lipinski definition) is 1. The molecule has 92 valence electrons. The Hall–Kier alpha value is -0.800. The number of nitrogens with one attached hydrogen (secondary N) is 1. The van der Waals surface area contributed by atoms with E-state index in [1.54, 1.807) is 12.1 Å². The van der Waals surface area contributed by atoms with Crippen LogP contribution in [0.4, 0.5) is 0 Å². The first kappa shape index (κ1) is 12.7. The smallest absolute Gasteiger partial charge is 0.271 e. The molecule has 0 atom stereocenters. The van der Waals surface area contributed by atoms with Crippen LogP contribution in [0.3, 0.4) is 0 Å². The second-order valence-electron chi connectivity index (χ2n) is 4.41. The maximum absolute atomic E-state index is 12.1. The van der Waals surface area contributed by atoms with Gasteiger partial charge in [0.1, 0.15) is 10.8 Å². The second-order valence-corrected chi connectivity index (χ2v) is 5.20. The van der Waals surface area contributed by atoms with Crippen LogP contribution in [0.15, 0.2) is 12.1 Å². The fraction of sp³-hybridized carbons (Fsp3) is 0.500. The minimum Gasteiger partial charge on any atom is -0.345 e. The number of carbonyl (C=O) groups excluding carboxylic acids is 1. The summed E-state index contributed by atoms with van der Waals surface area (Å²) in [7, 11) is 0. The quantitative estimate of drug-likeness (QED) is 0.857. The third kappa shape index (κ3) is 2.55. The molecular weight excluding hydrogens is 259 g/mol. The van der Waals surface area contributed by atoms with Gasteiger partial charge in [0.2, 0.25) is 0 Å². The number of halogens is 2. The summed E-state index contributed by atoms with van der Waals surface area (Å²) < 4.78 is 0. The van der Waals surface area contributed by atoms with E-state index in [0.717, 1.165) is 25.7 Å². The van der Waals surface area contributed by atoms with E-state index in [9.17, 15) is 4.79 Å². The molecule has 0 aliphatic heterocycles. The summed E-state index contributed by atoms with van der Waals surface area (Å²) in [5.41, 5.74) is 0.142. The summed E-state index contributed by atoms with van der Waals surface area (Å²) in [4.78, 5) is 16.0. The van der Waals surface area contributed by atoms with E-state index in [1.807, 2.05) is 0 Å². The van der Waals surface area contributed by atoms with Crippen molar-refractivity contribution in [3.8, 4) is 0 Å². The van der Waals surface area contributed by atoms with Gasteiger partial charge in [-0.15, -0.1) is 0 Å². The predicted molar refractivity (Wildman–Crippen MR) is 68.6 cm³/mol. The molecule has 2 rings (SSSR count). The SMILES string of the molecule is CCC1(NC(=O)c2nc(Cl)ccc2Cl)CCC1. The van der Waals surface area contributed by atoms with E-state index < -0.39 is 0 Å². The van der Waals surface area contributed by atoms with Crippen LogP contribution in [0.2, 0.25) is 10.2 Å². The Balaban J connectivity index is 2.17. The molecule has 0 bridgehead atoms. The molecule has 3 nitrogen and oxygen atoms in total. The van der Waals surface area contributed by atoms with Crippen LogP contribution in [-0.4, -0.2) is 16.4 Å². The van der Waals surface area contributed by atoms with E-state index in [4.69, 9.17) is 23.2 Å². The summed E-state index contributed by atoms with van der Waals surface area (Å²) >= 11 is 11.7. The maximum Gasteiger partial charge on any atom is 0.271 e. The van der Waals surface area contributed by atoms with Gasteiger partial charge in [0.25, 0.3) is 5.91 Å². The molecule has 0 aromatic carbocycles. The molecular formula is C12H14Cl2N2O. The van der Waals surface area contributed by atoms with Gasteiger partial charge in [-0.1, -0.05) is 30.1 Å². The molecule has 1 aliphatic rings. The fourth-order valence-electron chi connectivity index (χ4n) is 2.05. The van der Waals surface area contributed by atoms with Crippen LogP contribution in [0, 0.1) is 0 Å². The van der Waals surface area contributed by atoms with Crippen LogP contribution in [0.5, 0.6) is 0 Å². The third-order valence-corrected chi connectivity index (χ3v) is 3.91. The predicted octanol–water partition coefficient (Wildman–Crippen LogP) is 3.45. The van der Waals surface area contributed by atoms with Crippen molar-refractivity contribution in [1.29, 1.82) is 0 Å². The Morgan fingerprint density at radius 2 is 2.18 bits per heavy atom. The van der Waals surface area contributed by atoms with Crippen molar-refractivity contribution < 1.29 is 4.79 Å². The van der Waals surface area contributed by atoms with E-state index in [1.165, 1.54) is 0 Å². The van der Waals surface area contributed by atoms with Crippen molar-refractivity contribution in [3.63, 3.8) is 0 Å². The molecule has 0 spiro atoms. The van der Waals surface area contributed by atoms with E-state index in [0.29, 0.717) is 5.02 Å². The number of hydrogen-bond acceptors (Lipinski definition) is 2. The average Bonchev–Trinajstić information content (AvgIpc) is 2.26. The highest BCUT2D eigenvalue weighted by atomic mass is 35.5. The number of amides is 1. The molecule has 1 aromatic heterocycles. The normalized spacial score (nSPS) is 17.4. The molecule has 1 aliphatic carbocycles. The van der Waals surface area contributed by atoms with Crippen LogP contribution < -0.4 is 5.32 Å². The third-order valence-electron chi connectivity index (χ3n) is 3.39. The molecule has 5 heteroatoms. The Kier molecular flexibility index (Phi) is 3.59. The Morgan fingerprint density at radius 3 is 2.71 bits per heavy atom. The van der Waals surface area contributed by atoms with Crippen LogP contribution >= 0.6 is 23.2 Å². The standard InChI is InChI=1S/C12H14Cl2N2O/c1-2-12(6-3-7-12)16-11(17)10-8(13)4-5-9(14)15-10/h4-5H,2-3,6-7H2,1H3,(H,16,17). The minimum absolute atomic E-state index is 0.0651. The summed E-state index contributed by atoms with van der Waals surface area (Å²) in [6.07, 6.45) is 4.13. The monoisotopic (exact) mass is 272 g/mol. The average molecular weight is 273 g/mol. The number of carbonyl (C=O) groups is 1. The number of nitrogens with zero attached hydrogens (tertiary/aromatic N) is 1. The first-order valence-corrected chi connectivity index (χ1v) is 6.46. The molecule has 17 heavy (non-hydrogen) atoms. The lowest BCUT2D eigenvalue weighted by atomic mass is 9.75. The zero-order valence-corrected chi connectivity index (χ0v) is 11.1. The molecule has 1 amide bonds. The summed E-state index contributed by atoms with van der Waals surface area (Å²) in [5, 5.41) is 3.63. The Labute approximate surface area is 111 Å². The van der Waals surface area contributed by atoms with Crippen molar-refractivity contribution in [2.24, 2.45) is 0 Å². The molecule has 1 fully saturated rings. The van der Waals surface area contributed by atoms with Crippen LogP contribution in [0.25, 0.3) is 0 Å². The van der Waals surface area contributed by atoms with Gasteiger partial charge in [-0.05, 0) is 37.8 Å². The van der Waals surface area contributed by atoms with Crippen LogP contribution in [0.1, 0.15) is 43.1 Å². The highest BCUT2D eigenvalue weighted by molar-refractivity contribution is 6.34. The zero-order chi connectivity index (χ0) is 12.5. The molecule has 1 saturated carbocycles. The lowest BCUT2D eigenvalue weighted by molar-refractivity contribution is 0.0815. The minimum atomic E-state index is -0.237. The van der Waals surface area contributed by atoms with Gasteiger partial charge in [0, 0.05) is 5.54 Å². The van der Waals surface area contributed by atoms with Crippen LogP contribution in [-0.2, 0) is 0 Å². The summed E-state index contributed by atoms with van der Waals surface area (Å²) in [6, 6.07) is 3.16. The van der Waals surface area contributed by atoms with Gasteiger partial charge < -0.3 is 5.32 Å². The number of rotatable bonds is 3. The topological polar surface area (TPSA) is 42.0 Å². The Morgan fingerprint density at radius 1 is 1.47 bits per heavy atom. The molecule has 1 aromatic rings. The lowest BCUT2D eigenvalue weighted by Gasteiger charge is -2.41. The molecule has 0 radical (unpaired) electrons. The zero-order valence-electron chi connectivity index (χ0n) is 9.59. The fourth-order valence-corrected chi connectivity index (χ4v) is 2.39. The number of pyridine rings is 1. The largest absolute Gasteiger partial charge is 0.345 e. The summed E-state index contributed by atoms with van der Waals surface area (Å²) in [6.45, 7) is 2.08. The van der Waals surface area contributed by atoms with Crippen molar-refractivity contribution in [1.82, 2.24) is 10.3 Å². The lowest BCUT2D eigenvalue weighted by Crippen LogP contribution is -2.53. The first-order valence-electron chi connectivity index (χ1n) is 5.71. The van der Waals surface area contributed by atoms with Gasteiger partial charge in [0.15, 0.2) is 0 Å². The van der Waals surface area contributed by atoms with E-state index >= 15 is 0 Å². The van der Waals surface area contributed by atoms with Gasteiger partial charge in [-0.3, -0.25) is 4.79 Å². The van der Waals surface area contributed by atoms with Crippen molar-refractivity contribution in [2.45, 2.75) is 38.1 Å². The van der Waals surface area contributed by atoms with Gasteiger partial charge in [-0.25, -0.2) is 4.98 Å². The second kappa shape index (κ2) is 4.83. The molecule has 0 saturated heterocycles. The van der Waals surface area contributed by atoms with Crippen molar-refractivity contribution in [3.05, 3.63) is 28.0 Å². The van der Waals surface area contributed by atoms with Crippen molar-refractivity contribution >= 4 is 29.1 Å². The maximum atomic E-state index is 12.1. The molecule has 1 heterocycles. The van der Waals surface area contributed by atoms with E-state index in [2.05, 4.69) is 17.2 Å². The van der Waals surface area contributed by atoms with Gasteiger partial charge in [0.05, 0.1) is 5.02 Å². The van der Waals surface area contributed by atoms with Crippen molar-refractivity contribution in [2.75, 3.05) is 0 Å².